The molecule has 1 fully saturated rings. The van der Waals surface area contributed by atoms with Crippen LogP contribution in [0.3, 0.4) is 0 Å². The number of nitrogens with zero attached hydrogens (tertiary/aromatic N) is 2. The first-order chi connectivity index (χ1) is 8.29. The number of carbonyl (C=O) groups excluding carboxylic acids is 2. The SMILES string of the molecule is CC(C)(C)c1cc(N2CC(C(N)=O)CC2=O)n[nH]1. The van der Waals surface area contributed by atoms with E-state index in [4.69, 9.17) is 5.73 Å². The van der Waals surface area contributed by atoms with E-state index >= 15 is 0 Å². The van der Waals surface area contributed by atoms with Gasteiger partial charge in [0.25, 0.3) is 0 Å². The molecule has 1 aliphatic heterocycles. The van der Waals surface area contributed by atoms with Gasteiger partial charge in [0.1, 0.15) is 0 Å². The number of primary amides is 1. The minimum absolute atomic E-state index is 0.0584. The molecule has 6 nitrogen and oxygen atoms in total. The van der Waals surface area contributed by atoms with Crippen LogP contribution in [0.4, 0.5) is 5.82 Å². The molecule has 0 aliphatic carbocycles. The van der Waals surface area contributed by atoms with Crippen LogP contribution in [0.15, 0.2) is 6.07 Å². The van der Waals surface area contributed by atoms with Gasteiger partial charge in [-0.2, -0.15) is 5.10 Å². The van der Waals surface area contributed by atoms with Crippen LogP contribution < -0.4 is 10.6 Å². The van der Waals surface area contributed by atoms with Gasteiger partial charge in [-0.1, -0.05) is 20.8 Å². The van der Waals surface area contributed by atoms with Gasteiger partial charge in [0.15, 0.2) is 5.82 Å². The third-order valence-electron chi connectivity index (χ3n) is 3.18. The average Bonchev–Trinajstić information content (AvgIpc) is 2.81. The number of anilines is 1. The fourth-order valence-electron chi connectivity index (χ4n) is 1.95. The molecule has 0 radical (unpaired) electrons. The van der Waals surface area contributed by atoms with Crippen molar-refractivity contribution < 1.29 is 9.59 Å². The summed E-state index contributed by atoms with van der Waals surface area (Å²) in [4.78, 5) is 24.4. The molecule has 6 heteroatoms. The number of rotatable bonds is 2. The molecule has 1 saturated heterocycles. The summed E-state index contributed by atoms with van der Waals surface area (Å²) in [6.07, 6.45) is 0.174. The normalized spacial score (nSPS) is 20.5. The molecule has 2 rings (SSSR count). The zero-order chi connectivity index (χ0) is 13.5. The van der Waals surface area contributed by atoms with E-state index in [2.05, 4.69) is 31.0 Å². The number of H-pyrrole nitrogens is 1. The van der Waals surface area contributed by atoms with Crippen LogP contribution in [0, 0.1) is 5.92 Å². The van der Waals surface area contributed by atoms with Gasteiger partial charge in [0.05, 0.1) is 5.92 Å². The summed E-state index contributed by atoms with van der Waals surface area (Å²) in [6.45, 7) is 6.50. The minimum Gasteiger partial charge on any atom is -0.369 e. The quantitative estimate of drug-likeness (QED) is 0.802. The van der Waals surface area contributed by atoms with Crippen molar-refractivity contribution >= 4 is 17.6 Å². The Morgan fingerprint density at radius 1 is 1.56 bits per heavy atom. The Bertz CT molecular complexity index is 487. The van der Waals surface area contributed by atoms with Crippen LogP contribution >= 0.6 is 0 Å². The molecule has 1 unspecified atom stereocenters. The molecule has 1 aromatic rings. The van der Waals surface area contributed by atoms with E-state index < -0.39 is 11.8 Å². The van der Waals surface area contributed by atoms with E-state index in [1.54, 1.807) is 0 Å². The molecular formula is C12H18N4O2. The maximum Gasteiger partial charge on any atom is 0.229 e. The molecule has 2 amide bonds. The third kappa shape index (κ3) is 2.23. The summed E-state index contributed by atoms with van der Waals surface area (Å²) in [7, 11) is 0. The second kappa shape index (κ2) is 4.12. The highest BCUT2D eigenvalue weighted by atomic mass is 16.2. The van der Waals surface area contributed by atoms with E-state index in [1.165, 1.54) is 4.90 Å². The van der Waals surface area contributed by atoms with Gasteiger partial charge in [0, 0.05) is 30.1 Å². The third-order valence-corrected chi connectivity index (χ3v) is 3.18. The highest BCUT2D eigenvalue weighted by Gasteiger charge is 2.35. The fourth-order valence-corrected chi connectivity index (χ4v) is 1.95. The maximum absolute atomic E-state index is 11.8. The van der Waals surface area contributed by atoms with Crippen molar-refractivity contribution in [3.05, 3.63) is 11.8 Å². The molecule has 0 bridgehead atoms. The van der Waals surface area contributed by atoms with Gasteiger partial charge in [-0.3, -0.25) is 19.6 Å². The highest BCUT2D eigenvalue weighted by Crippen LogP contribution is 2.27. The van der Waals surface area contributed by atoms with Crippen LogP contribution in [-0.4, -0.2) is 28.6 Å². The maximum atomic E-state index is 11.8. The second-order valence-corrected chi connectivity index (χ2v) is 5.70. The predicted molar refractivity (Wildman–Crippen MR) is 66.9 cm³/mol. The van der Waals surface area contributed by atoms with E-state index in [0.29, 0.717) is 12.4 Å². The Morgan fingerprint density at radius 2 is 2.22 bits per heavy atom. The first kappa shape index (κ1) is 12.6. The van der Waals surface area contributed by atoms with Crippen molar-refractivity contribution in [1.29, 1.82) is 0 Å². The smallest absolute Gasteiger partial charge is 0.229 e. The summed E-state index contributed by atoms with van der Waals surface area (Å²) >= 11 is 0. The monoisotopic (exact) mass is 250 g/mol. The molecule has 1 atom stereocenters. The molecule has 0 saturated carbocycles. The summed E-state index contributed by atoms with van der Waals surface area (Å²) in [5, 5.41) is 7.06. The Morgan fingerprint density at radius 3 is 2.67 bits per heavy atom. The lowest BCUT2D eigenvalue weighted by Gasteiger charge is -2.15. The van der Waals surface area contributed by atoms with E-state index in [9.17, 15) is 9.59 Å². The number of hydrogen-bond donors (Lipinski definition) is 2. The Labute approximate surface area is 106 Å². The lowest BCUT2D eigenvalue weighted by Crippen LogP contribution is -2.28. The predicted octanol–water partition coefficient (Wildman–Crippen LogP) is 0.545. The van der Waals surface area contributed by atoms with Crippen LogP contribution in [0.5, 0.6) is 0 Å². The van der Waals surface area contributed by atoms with Crippen LogP contribution in [0.1, 0.15) is 32.9 Å². The first-order valence-corrected chi connectivity index (χ1v) is 5.94. The standard InChI is InChI=1S/C12H18N4O2/c1-12(2,3)8-5-9(15-14-8)16-6-7(11(13)18)4-10(16)17/h5,7H,4,6H2,1-3H3,(H2,13,18)(H,14,15). The van der Waals surface area contributed by atoms with Crippen LogP contribution in [0.2, 0.25) is 0 Å². The summed E-state index contributed by atoms with van der Waals surface area (Å²) in [5.41, 5.74) is 6.12. The van der Waals surface area contributed by atoms with Gasteiger partial charge in [0.2, 0.25) is 11.8 Å². The first-order valence-electron chi connectivity index (χ1n) is 5.94. The van der Waals surface area contributed by atoms with Crippen molar-refractivity contribution in [2.45, 2.75) is 32.6 Å². The Kier molecular flexibility index (Phi) is 2.88. The number of nitrogens with two attached hydrogens (primary N) is 1. The number of carbonyl (C=O) groups is 2. The topological polar surface area (TPSA) is 92.1 Å². The number of aromatic amines is 1. The zero-order valence-corrected chi connectivity index (χ0v) is 10.9. The zero-order valence-electron chi connectivity index (χ0n) is 10.9. The summed E-state index contributed by atoms with van der Waals surface area (Å²) in [6, 6.07) is 1.85. The molecule has 2 heterocycles. The molecule has 1 aliphatic rings. The minimum atomic E-state index is -0.433. The van der Waals surface area contributed by atoms with Crippen molar-refractivity contribution in [2.75, 3.05) is 11.4 Å². The van der Waals surface area contributed by atoms with Crippen molar-refractivity contribution in [3.63, 3.8) is 0 Å². The van der Waals surface area contributed by atoms with Gasteiger partial charge < -0.3 is 5.73 Å². The highest BCUT2D eigenvalue weighted by molar-refractivity contribution is 5.99. The van der Waals surface area contributed by atoms with Crippen LogP contribution in [-0.2, 0) is 15.0 Å². The van der Waals surface area contributed by atoms with E-state index in [1.807, 2.05) is 6.07 Å². The van der Waals surface area contributed by atoms with Crippen molar-refractivity contribution in [3.8, 4) is 0 Å². The summed E-state index contributed by atoms with van der Waals surface area (Å²) in [5.74, 6) is -0.385. The molecule has 18 heavy (non-hydrogen) atoms. The van der Waals surface area contributed by atoms with Crippen LogP contribution in [0.25, 0.3) is 0 Å². The second-order valence-electron chi connectivity index (χ2n) is 5.70. The van der Waals surface area contributed by atoms with E-state index in [0.717, 1.165) is 5.69 Å². The number of aromatic nitrogens is 2. The number of nitrogens with one attached hydrogen (secondary N) is 1. The average molecular weight is 250 g/mol. The molecule has 0 spiro atoms. The Hall–Kier alpha value is -1.85. The van der Waals surface area contributed by atoms with Crippen molar-refractivity contribution in [1.82, 2.24) is 10.2 Å². The van der Waals surface area contributed by atoms with Crippen molar-refractivity contribution in [2.24, 2.45) is 11.7 Å². The van der Waals surface area contributed by atoms with E-state index in [-0.39, 0.29) is 17.7 Å². The lowest BCUT2D eigenvalue weighted by atomic mass is 9.92. The lowest BCUT2D eigenvalue weighted by molar-refractivity contribution is -0.123. The van der Waals surface area contributed by atoms with Gasteiger partial charge in [-0.15, -0.1) is 0 Å². The number of hydrogen-bond acceptors (Lipinski definition) is 3. The summed E-state index contributed by atoms with van der Waals surface area (Å²) < 4.78 is 0. The van der Waals surface area contributed by atoms with Gasteiger partial charge in [-0.25, -0.2) is 0 Å². The largest absolute Gasteiger partial charge is 0.369 e. The number of amides is 2. The molecule has 1 aromatic heterocycles. The Balaban J connectivity index is 2.20. The fraction of sp³-hybridized carbons (Fsp3) is 0.583. The molecule has 0 aromatic carbocycles. The molecular weight excluding hydrogens is 232 g/mol. The molecule has 3 N–H and O–H groups in total. The van der Waals surface area contributed by atoms with Gasteiger partial charge >= 0.3 is 0 Å². The molecule has 98 valence electrons. The van der Waals surface area contributed by atoms with Gasteiger partial charge in [-0.05, 0) is 0 Å².